The highest BCUT2D eigenvalue weighted by Gasteiger charge is 2.61. The molecule has 6 atom stereocenters. The van der Waals surface area contributed by atoms with Crippen LogP contribution in [0.1, 0.15) is 58.8 Å². The van der Waals surface area contributed by atoms with Gasteiger partial charge in [-0.3, -0.25) is 9.59 Å². The third-order valence-electron chi connectivity index (χ3n) is 6.59. The van der Waals surface area contributed by atoms with Crippen molar-refractivity contribution in [2.24, 2.45) is 29.6 Å². The normalized spacial score (nSPS) is 42.2. The average molecular weight is 321 g/mol. The van der Waals surface area contributed by atoms with Crippen LogP contribution in [0.25, 0.3) is 0 Å². The number of carbonyl (C=O) groups excluding carboxylic acids is 2. The summed E-state index contributed by atoms with van der Waals surface area (Å²) in [6.45, 7) is 4.06. The van der Waals surface area contributed by atoms with Gasteiger partial charge in [0.15, 0.2) is 0 Å². The Labute approximate surface area is 137 Å². The lowest BCUT2D eigenvalue weighted by Crippen LogP contribution is -2.50. The second-order valence-corrected chi connectivity index (χ2v) is 7.70. The fourth-order valence-electron chi connectivity index (χ4n) is 4.95. The third kappa shape index (κ3) is 2.68. The Bertz CT molecular complexity index is 531. The largest absolute Gasteiger partial charge is 0.479 e. The molecule has 0 aromatic heterocycles. The summed E-state index contributed by atoms with van der Waals surface area (Å²) < 4.78 is 0. The summed E-state index contributed by atoms with van der Waals surface area (Å²) in [5, 5.41) is 12.4. The zero-order chi connectivity index (χ0) is 16.8. The summed E-state index contributed by atoms with van der Waals surface area (Å²) in [6.07, 6.45) is 5.34. The number of hydrogen-bond acceptors (Lipinski definition) is 3. The molecule has 0 radical (unpaired) electrons. The fourth-order valence-corrected chi connectivity index (χ4v) is 4.95. The minimum absolute atomic E-state index is 0.0198. The summed E-state index contributed by atoms with van der Waals surface area (Å²) in [6, 6.07) is 0. The maximum absolute atomic E-state index is 12.8. The lowest BCUT2D eigenvalue weighted by atomic mass is 9.68. The van der Waals surface area contributed by atoms with Gasteiger partial charge in [-0.1, -0.05) is 26.7 Å². The van der Waals surface area contributed by atoms with Crippen molar-refractivity contribution in [1.29, 1.82) is 0 Å². The number of hydrogen-bond donors (Lipinski definition) is 2. The van der Waals surface area contributed by atoms with Gasteiger partial charge in [-0.15, -0.1) is 0 Å². The molecule has 3 rings (SSSR count). The van der Waals surface area contributed by atoms with Crippen LogP contribution in [-0.2, 0) is 14.4 Å². The van der Waals surface area contributed by atoms with Gasteiger partial charge in [0.2, 0.25) is 5.91 Å². The van der Waals surface area contributed by atoms with E-state index in [9.17, 15) is 19.5 Å². The Kier molecular flexibility index (Phi) is 4.23. The van der Waals surface area contributed by atoms with Crippen molar-refractivity contribution in [2.45, 2.75) is 64.3 Å². The second kappa shape index (κ2) is 5.91. The van der Waals surface area contributed by atoms with Crippen molar-refractivity contribution in [1.82, 2.24) is 5.32 Å². The minimum atomic E-state index is -1.05. The van der Waals surface area contributed by atoms with E-state index >= 15 is 0 Å². The van der Waals surface area contributed by atoms with Crippen molar-refractivity contribution >= 4 is 17.7 Å². The highest BCUT2D eigenvalue weighted by molar-refractivity contribution is 5.92. The molecule has 128 valence electrons. The molecule has 0 unspecified atom stereocenters. The first-order valence-corrected chi connectivity index (χ1v) is 9.01. The van der Waals surface area contributed by atoms with E-state index in [4.69, 9.17) is 0 Å². The molecule has 0 aliphatic heterocycles. The summed E-state index contributed by atoms with van der Waals surface area (Å²) in [4.78, 5) is 36.6. The molecule has 0 saturated heterocycles. The molecule has 0 aromatic rings. The van der Waals surface area contributed by atoms with Crippen LogP contribution in [0, 0.1) is 29.6 Å². The summed E-state index contributed by atoms with van der Waals surface area (Å²) in [7, 11) is 0. The van der Waals surface area contributed by atoms with Crippen molar-refractivity contribution in [3.8, 4) is 0 Å². The molecule has 3 aliphatic rings. The van der Waals surface area contributed by atoms with Gasteiger partial charge in [0.25, 0.3) is 0 Å². The van der Waals surface area contributed by atoms with Gasteiger partial charge in [0.1, 0.15) is 11.3 Å². The predicted octanol–water partition coefficient (Wildman–Crippen LogP) is 2.39. The Balaban J connectivity index is 1.75. The number of Topliss-reactive ketones (excluding diaryl/α,β-unsaturated/α-hetero) is 1. The van der Waals surface area contributed by atoms with Crippen molar-refractivity contribution in [3.05, 3.63) is 0 Å². The number of carboxylic acids is 1. The van der Waals surface area contributed by atoms with Crippen molar-refractivity contribution in [2.75, 3.05) is 0 Å². The molecular formula is C18H27NO4. The SMILES string of the molecule is CC[C@H]1C[C@@H]2C(=O)CC[C@H]2[C@H](C(=O)N[C@@]2(C(=O)O)C[C@@H]2CC)C1. The second-order valence-electron chi connectivity index (χ2n) is 7.70. The van der Waals surface area contributed by atoms with Gasteiger partial charge in [-0.25, -0.2) is 4.79 Å². The average Bonchev–Trinajstić information content (AvgIpc) is 3.14. The first-order valence-electron chi connectivity index (χ1n) is 9.01. The van der Waals surface area contributed by atoms with Crippen LogP contribution in [0.2, 0.25) is 0 Å². The van der Waals surface area contributed by atoms with Gasteiger partial charge in [-0.05, 0) is 43.4 Å². The van der Waals surface area contributed by atoms with Gasteiger partial charge >= 0.3 is 5.97 Å². The number of fused-ring (bicyclic) bond motifs is 1. The van der Waals surface area contributed by atoms with Crippen molar-refractivity contribution in [3.63, 3.8) is 0 Å². The fraction of sp³-hybridized carbons (Fsp3) is 0.833. The molecule has 0 aromatic carbocycles. The van der Waals surface area contributed by atoms with Crippen LogP contribution in [0.4, 0.5) is 0 Å². The zero-order valence-electron chi connectivity index (χ0n) is 14.0. The molecule has 1 amide bonds. The van der Waals surface area contributed by atoms with E-state index < -0.39 is 11.5 Å². The van der Waals surface area contributed by atoms with Gasteiger partial charge < -0.3 is 10.4 Å². The van der Waals surface area contributed by atoms with Crippen LogP contribution in [0.3, 0.4) is 0 Å². The highest BCUT2D eigenvalue weighted by Crippen LogP contribution is 2.49. The molecule has 5 heteroatoms. The highest BCUT2D eigenvalue weighted by atomic mass is 16.4. The topological polar surface area (TPSA) is 83.5 Å². The molecule has 3 aliphatic carbocycles. The molecule has 5 nitrogen and oxygen atoms in total. The van der Waals surface area contributed by atoms with E-state index in [1.807, 2.05) is 6.92 Å². The van der Waals surface area contributed by atoms with E-state index in [-0.39, 0.29) is 29.6 Å². The van der Waals surface area contributed by atoms with E-state index in [2.05, 4.69) is 12.2 Å². The van der Waals surface area contributed by atoms with E-state index in [0.29, 0.717) is 24.5 Å². The number of amides is 1. The van der Waals surface area contributed by atoms with E-state index in [0.717, 1.165) is 32.1 Å². The monoisotopic (exact) mass is 321 g/mol. The lowest BCUT2D eigenvalue weighted by Gasteiger charge is -2.37. The molecule has 0 spiro atoms. The number of rotatable bonds is 5. The van der Waals surface area contributed by atoms with Crippen LogP contribution < -0.4 is 5.32 Å². The Morgan fingerprint density at radius 1 is 1.26 bits per heavy atom. The van der Waals surface area contributed by atoms with Gasteiger partial charge in [0.05, 0.1) is 0 Å². The van der Waals surface area contributed by atoms with Crippen LogP contribution in [0.5, 0.6) is 0 Å². The molecule has 23 heavy (non-hydrogen) atoms. The molecule has 3 saturated carbocycles. The van der Waals surface area contributed by atoms with Crippen molar-refractivity contribution < 1.29 is 19.5 Å². The van der Waals surface area contributed by atoms with Gasteiger partial charge in [-0.2, -0.15) is 0 Å². The maximum Gasteiger partial charge on any atom is 0.329 e. The predicted molar refractivity (Wildman–Crippen MR) is 84.6 cm³/mol. The first-order chi connectivity index (χ1) is 10.9. The summed E-state index contributed by atoms with van der Waals surface area (Å²) in [5.41, 5.74) is -1.05. The Morgan fingerprint density at radius 3 is 2.57 bits per heavy atom. The zero-order valence-corrected chi connectivity index (χ0v) is 14.0. The number of nitrogens with one attached hydrogen (secondary N) is 1. The summed E-state index contributed by atoms with van der Waals surface area (Å²) in [5.74, 6) is -0.366. The van der Waals surface area contributed by atoms with Gasteiger partial charge in [0, 0.05) is 18.3 Å². The molecule has 0 bridgehead atoms. The van der Waals surface area contributed by atoms with Crippen LogP contribution in [0.15, 0.2) is 0 Å². The van der Waals surface area contributed by atoms with Crippen LogP contribution >= 0.6 is 0 Å². The Hall–Kier alpha value is -1.39. The molecule has 2 N–H and O–H groups in total. The number of carboxylic acid groups (broad SMARTS) is 1. The lowest BCUT2D eigenvalue weighted by molar-refractivity contribution is -0.145. The Morgan fingerprint density at radius 2 is 2.00 bits per heavy atom. The van der Waals surface area contributed by atoms with E-state index in [1.54, 1.807) is 0 Å². The summed E-state index contributed by atoms with van der Waals surface area (Å²) >= 11 is 0. The molecule has 3 fully saturated rings. The third-order valence-corrected chi connectivity index (χ3v) is 6.59. The number of carbonyl (C=O) groups is 3. The first kappa shape index (κ1) is 16.5. The standard InChI is InChI=1S/C18H27NO4/c1-3-10-7-13-12(5-6-15(13)20)14(8-10)16(21)19-18(17(22)23)9-11(18)4-2/h10-14H,3-9H2,1-2H3,(H,19,21)(H,22,23)/t10-,11-,12+,13-,14+,18-/m0/s1. The smallest absolute Gasteiger partial charge is 0.329 e. The minimum Gasteiger partial charge on any atom is -0.479 e. The quantitative estimate of drug-likeness (QED) is 0.814. The van der Waals surface area contributed by atoms with E-state index in [1.165, 1.54) is 0 Å². The van der Waals surface area contributed by atoms with Crippen LogP contribution in [-0.4, -0.2) is 28.3 Å². The molecular weight excluding hydrogens is 294 g/mol. The number of aliphatic carboxylic acids is 1. The number of ketones is 1. The molecule has 0 heterocycles. The maximum atomic E-state index is 12.8.